The van der Waals surface area contributed by atoms with Gasteiger partial charge in [-0.15, -0.1) is 0 Å². The fourth-order valence-electron chi connectivity index (χ4n) is 2.80. The maximum atomic E-state index is 11.4. The Kier molecular flexibility index (Phi) is 4.28. The van der Waals surface area contributed by atoms with Crippen molar-refractivity contribution in [2.75, 3.05) is 6.61 Å². The van der Waals surface area contributed by atoms with E-state index in [1.54, 1.807) is 6.92 Å². The van der Waals surface area contributed by atoms with Gasteiger partial charge < -0.3 is 15.8 Å². The lowest BCUT2D eigenvalue weighted by Crippen LogP contribution is -2.32. The van der Waals surface area contributed by atoms with E-state index >= 15 is 0 Å². The number of aryl methyl sites for hydroxylation is 1. The molecule has 1 heterocycles. The second-order valence-corrected chi connectivity index (χ2v) is 6.99. The minimum atomic E-state index is -0.0543. The van der Waals surface area contributed by atoms with E-state index in [0.29, 0.717) is 6.61 Å². The number of carbonyl (C=O) groups excluding carboxylic acids is 1. The van der Waals surface area contributed by atoms with Crippen LogP contribution in [0, 0.1) is 12.3 Å². The van der Waals surface area contributed by atoms with Crippen LogP contribution in [0.25, 0.3) is 0 Å². The molecule has 4 heteroatoms. The van der Waals surface area contributed by atoms with Crippen LogP contribution in [0.2, 0.25) is 0 Å². The maximum Gasteiger partial charge on any atom is 0.217 e. The Morgan fingerprint density at radius 2 is 2.10 bits per heavy atom. The summed E-state index contributed by atoms with van der Waals surface area (Å²) in [6.07, 6.45) is 0.792. The van der Waals surface area contributed by atoms with Crippen LogP contribution in [-0.2, 0) is 4.79 Å². The Balaban J connectivity index is 2.45. The van der Waals surface area contributed by atoms with E-state index in [4.69, 9.17) is 10.5 Å². The highest BCUT2D eigenvalue weighted by Crippen LogP contribution is 2.39. The van der Waals surface area contributed by atoms with Crippen molar-refractivity contribution in [3.05, 3.63) is 28.8 Å². The van der Waals surface area contributed by atoms with Gasteiger partial charge in [0.1, 0.15) is 5.75 Å². The second-order valence-electron chi connectivity index (χ2n) is 6.99. The molecule has 0 radical (unpaired) electrons. The molecule has 1 aromatic rings. The average Bonchev–Trinajstić information content (AvgIpc) is 2.37. The molecule has 2 atom stereocenters. The van der Waals surface area contributed by atoms with Gasteiger partial charge in [0.05, 0.1) is 12.6 Å². The van der Waals surface area contributed by atoms with Crippen molar-refractivity contribution in [1.82, 2.24) is 5.32 Å². The SMILES string of the molecule is CC(=O)NC1CCOc2c(C)cc(C(N)C(C)(C)C)cc21. The van der Waals surface area contributed by atoms with Gasteiger partial charge in [0.2, 0.25) is 5.91 Å². The van der Waals surface area contributed by atoms with Crippen molar-refractivity contribution in [3.8, 4) is 5.75 Å². The molecule has 0 bridgehead atoms. The fourth-order valence-corrected chi connectivity index (χ4v) is 2.80. The minimum absolute atomic E-state index is 0.0112. The molecule has 21 heavy (non-hydrogen) atoms. The molecule has 116 valence electrons. The van der Waals surface area contributed by atoms with Gasteiger partial charge in [-0.25, -0.2) is 0 Å². The molecule has 1 aliphatic rings. The maximum absolute atomic E-state index is 11.4. The van der Waals surface area contributed by atoms with Gasteiger partial charge in [-0.1, -0.05) is 26.8 Å². The quantitative estimate of drug-likeness (QED) is 0.880. The third-order valence-corrected chi connectivity index (χ3v) is 4.02. The van der Waals surface area contributed by atoms with Gasteiger partial charge >= 0.3 is 0 Å². The van der Waals surface area contributed by atoms with Crippen molar-refractivity contribution >= 4 is 5.91 Å². The van der Waals surface area contributed by atoms with Crippen LogP contribution in [0.15, 0.2) is 12.1 Å². The molecule has 0 fully saturated rings. The molecule has 1 aromatic carbocycles. The topological polar surface area (TPSA) is 64.3 Å². The Bertz CT molecular complexity index is 546. The van der Waals surface area contributed by atoms with E-state index in [1.165, 1.54) is 0 Å². The zero-order chi connectivity index (χ0) is 15.8. The van der Waals surface area contributed by atoms with E-state index in [2.05, 4.69) is 38.2 Å². The van der Waals surface area contributed by atoms with Gasteiger partial charge in [0.15, 0.2) is 0 Å². The number of amides is 1. The summed E-state index contributed by atoms with van der Waals surface area (Å²) in [6.45, 7) is 10.6. The lowest BCUT2D eigenvalue weighted by molar-refractivity contribution is -0.119. The van der Waals surface area contributed by atoms with Crippen LogP contribution in [0.4, 0.5) is 0 Å². The first-order chi connectivity index (χ1) is 9.70. The number of rotatable bonds is 2. The molecule has 1 amide bonds. The summed E-state index contributed by atoms with van der Waals surface area (Å²) in [7, 11) is 0. The van der Waals surface area contributed by atoms with E-state index in [1.807, 2.05) is 6.92 Å². The molecule has 1 aliphatic heterocycles. The summed E-state index contributed by atoms with van der Waals surface area (Å²) in [4.78, 5) is 11.4. The number of ether oxygens (including phenoxy) is 1. The minimum Gasteiger partial charge on any atom is -0.493 e. The number of hydrogen-bond acceptors (Lipinski definition) is 3. The molecular formula is C17H26N2O2. The third-order valence-electron chi connectivity index (χ3n) is 4.02. The van der Waals surface area contributed by atoms with Crippen molar-refractivity contribution < 1.29 is 9.53 Å². The molecule has 3 N–H and O–H groups in total. The molecule has 0 saturated heterocycles. The summed E-state index contributed by atoms with van der Waals surface area (Å²) in [5.41, 5.74) is 9.60. The highest BCUT2D eigenvalue weighted by atomic mass is 16.5. The van der Waals surface area contributed by atoms with Gasteiger partial charge in [-0.2, -0.15) is 0 Å². The van der Waals surface area contributed by atoms with Crippen LogP contribution in [0.3, 0.4) is 0 Å². The van der Waals surface area contributed by atoms with Gasteiger partial charge in [0, 0.05) is 24.9 Å². The predicted molar refractivity (Wildman–Crippen MR) is 84.2 cm³/mol. The number of benzene rings is 1. The number of nitrogens with one attached hydrogen (secondary N) is 1. The van der Waals surface area contributed by atoms with E-state index < -0.39 is 0 Å². The number of hydrogen-bond donors (Lipinski definition) is 2. The van der Waals surface area contributed by atoms with Crippen molar-refractivity contribution in [3.63, 3.8) is 0 Å². The highest BCUT2D eigenvalue weighted by molar-refractivity contribution is 5.73. The largest absolute Gasteiger partial charge is 0.493 e. The summed E-state index contributed by atoms with van der Waals surface area (Å²) >= 11 is 0. The first-order valence-electron chi connectivity index (χ1n) is 7.50. The average molecular weight is 290 g/mol. The van der Waals surface area contributed by atoms with E-state index in [9.17, 15) is 4.79 Å². The number of fused-ring (bicyclic) bond motifs is 1. The number of nitrogens with two attached hydrogens (primary N) is 1. The van der Waals surface area contributed by atoms with Crippen LogP contribution in [0.5, 0.6) is 5.75 Å². The Labute approximate surface area is 127 Å². The lowest BCUT2D eigenvalue weighted by Gasteiger charge is -2.32. The van der Waals surface area contributed by atoms with Crippen LogP contribution < -0.4 is 15.8 Å². The zero-order valence-corrected chi connectivity index (χ0v) is 13.6. The van der Waals surface area contributed by atoms with Crippen LogP contribution >= 0.6 is 0 Å². The first-order valence-corrected chi connectivity index (χ1v) is 7.50. The Hall–Kier alpha value is -1.55. The molecule has 0 aromatic heterocycles. The fraction of sp³-hybridized carbons (Fsp3) is 0.588. The summed E-state index contributed by atoms with van der Waals surface area (Å²) in [6, 6.07) is 4.15. The standard InChI is InChI=1S/C17H26N2O2/c1-10-8-12(16(18)17(3,4)5)9-13-14(19-11(2)20)6-7-21-15(10)13/h8-9,14,16H,6-7,18H2,1-5H3,(H,19,20). The van der Waals surface area contributed by atoms with E-state index in [0.717, 1.165) is 28.9 Å². The van der Waals surface area contributed by atoms with Gasteiger partial charge in [0.25, 0.3) is 0 Å². The predicted octanol–water partition coefficient (Wildman–Crippen LogP) is 3.00. The summed E-state index contributed by atoms with van der Waals surface area (Å²) < 4.78 is 5.79. The smallest absolute Gasteiger partial charge is 0.217 e. The van der Waals surface area contributed by atoms with Gasteiger partial charge in [-0.3, -0.25) is 4.79 Å². The lowest BCUT2D eigenvalue weighted by atomic mass is 9.81. The summed E-state index contributed by atoms with van der Waals surface area (Å²) in [5.74, 6) is 0.876. The third kappa shape index (κ3) is 3.38. The highest BCUT2D eigenvalue weighted by Gasteiger charge is 2.28. The molecule has 0 aliphatic carbocycles. The van der Waals surface area contributed by atoms with Crippen molar-refractivity contribution in [2.24, 2.45) is 11.1 Å². The Morgan fingerprint density at radius 1 is 1.43 bits per heavy atom. The van der Waals surface area contributed by atoms with Crippen LogP contribution in [-0.4, -0.2) is 12.5 Å². The molecule has 0 spiro atoms. The summed E-state index contributed by atoms with van der Waals surface area (Å²) in [5, 5.41) is 3.01. The normalized spacial score (nSPS) is 19.4. The monoisotopic (exact) mass is 290 g/mol. The van der Waals surface area contributed by atoms with Crippen molar-refractivity contribution in [1.29, 1.82) is 0 Å². The van der Waals surface area contributed by atoms with Gasteiger partial charge in [-0.05, 0) is 29.5 Å². The van der Waals surface area contributed by atoms with E-state index in [-0.39, 0.29) is 23.4 Å². The second kappa shape index (κ2) is 5.68. The molecule has 4 nitrogen and oxygen atoms in total. The zero-order valence-electron chi connectivity index (χ0n) is 13.6. The van der Waals surface area contributed by atoms with Crippen LogP contribution in [0.1, 0.15) is 62.9 Å². The molecule has 2 rings (SSSR count). The molecule has 0 saturated carbocycles. The Morgan fingerprint density at radius 3 is 2.67 bits per heavy atom. The molecule has 2 unspecified atom stereocenters. The first kappa shape index (κ1) is 15.8. The molecular weight excluding hydrogens is 264 g/mol. The van der Waals surface area contributed by atoms with Crippen molar-refractivity contribution in [2.45, 2.75) is 53.1 Å². The number of carbonyl (C=O) groups is 1.